The summed E-state index contributed by atoms with van der Waals surface area (Å²) in [4.78, 5) is 2.37. The molecule has 0 aliphatic rings. The number of nitrogens with zero attached hydrogens (tertiary/aromatic N) is 2. The van der Waals surface area contributed by atoms with E-state index in [-0.39, 0.29) is 0 Å². The van der Waals surface area contributed by atoms with Crippen molar-refractivity contribution in [3.05, 3.63) is 255 Å². The molecule has 0 fully saturated rings. The summed E-state index contributed by atoms with van der Waals surface area (Å²) in [5, 5.41) is 7.68. The van der Waals surface area contributed by atoms with Crippen molar-refractivity contribution in [2.45, 2.75) is 0 Å². The van der Waals surface area contributed by atoms with Crippen LogP contribution in [0.2, 0.25) is 0 Å². The Morgan fingerprint density at radius 3 is 1.40 bits per heavy atom. The van der Waals surface area contributed by atoms with Gasteiger partial charge < -0.3 is 9.47 Å². The molecule has 2 aromatic heterocycles. The van der Waals surface area contributed by atoms with Gasteiger partial charge in [0, 0.05) is 53.7 Å². The first-order valence-electron chi connectivity index (χ1n) is 22.9. The molecule has 2 nitrogen and oxygen atoms in total. The third-order valence-corrected chi connectivity index (χ3v) is 14.6. The zero-order valence-electron chi connectivity index (χ0n) is 36.6. The van der Waals surface area contributed by atoms with Gasteiger partial charge in [0.1, 0.15) is 0 Å². The van der Waals surface area contributed by atoms with E-state index in [1.165, 1.54) is 97.3 Å². The summed E-state index contributed by atoms with van der Waals surface area (Å²) in [6.07, 6.45) is 0. The van der Waals surface area contributed by atoms with Gasteiger partial charge in [-0.25, -0.2) is 0 Å². The Hall–Kier alpha value is -8.50. The molecule has 2 heterocycles. The van der Waals surface area contributed by atoms with E-state index in [2.05, 4.69) is 264 Å². The van der Waals surface area contributed by atoms with Gasteiger partial charge in [-0.2, -0.15) is 0 Å². The molecule has 11 aromatic carbocycles. The average Bonchev–Trinajstić information content (AvgIpc) is 3.96. The van der Waals surface area contributed by atoms with E-state index in [9.17, 15) is 0 Å². The van der Waals surface area contributed by atoms with Gasteiger partial charge in [0.2, 0.25) is 0 Å². The fraction of sp³-hybridized carbons (Fsp3) is 0. The first-order valence-corrected chi connectivity index (χ1v) is 23.7. The Balaban J connectivity index is 0.854. The van der Waals surface area contributed by atoms with Crippen molar-refractivity contribution in [2.24, 2.45) is 0 Å². The van der Waals surface area contributed by atoms with Crippen molar-refractivity contribution in [2.75, 3.05) is 4.90 Å². The summed E-state index contributed by atoms with van der Waals surface area (Å²) in [7, 11) is 0. The number of benzene rings is 11. The van der Waals surface area contributed by atoms with Crippen molar-refractivity contribution in [1.29, 1.82) is 0 Å². The number of fused-ring (bicyclic) bond motifs is 7. The second-order valence-corrected chi connectivity index (χ2v) is 18.4. The molecule has 13 rings (SSSR count). The van der Waals surface area contributed by atoms with Gasteiger partial charge in [-0.3, -0.25) is 0 Å². The van der Waals surface area contributed by atoms with E-state index in [0.29, 0.717) is 0 Å². The monoisotopic (exact) mass is 870 g/mol. The largest absolute Gasteiger partial charge is 0.311 e. The molecule has 3 heteroatoms. The van der Waals surface area contributed by atoms with Gasteiger partial charge in [0.05, 0.1) is 11.0 Å². The van der Waals surface area contributed by atoms with E-state index in [1.54, 1.807) is 0 Å². The van der Waals surface area contributed by atoms with Gasteiger partial charge in [0.15, 0.2) is 0 Å². The fourth-order valence-corrected chi connectivity index (χ4v) is 11.3. The zero-order chi connectivity index (χ0) is 44.3. The van der Waals surface area contributed by atoms with Crippen LogP contribution < -0.4 is 4.90 Å². The lowest BCUT2D eigenvalue weighted by Gasteiger charge is -2.26. The third-order valence-electron chi connectivity index (χ3n) is 13.4. The summed E-state index contributed by atoms with van der Waals surface area (Å²) in [5.74, 6) is 0. The molecule has 0 saturated carbocycles. The summed E-state index contributed by atoms with van der Waals surface area (Å²) >= 11 is 1.87. The van der Waals surface area contributed by atoms with Crippen molar-refractivity contribution in [3.63, 3.8) is 0 Å². The van der Waals surface area contributed by atoms with Crippen LogP contribution in [0.4, 0.5) is 17.1 Å². The van der Waals surface area contributed by atoms with E-state index >= 15 is 0 Å². The lowest BCUT2D eigenvalue weighted by molar-refractivity contribution is 1.18. The number of aromatic nitrogens is 1. The van der Waals surface area contributed by atoms with E-state index in [1.807, 2.05) is 11.3 Å². The number of hydrogen-bond donors (Lipinski definition) is 0. The molecule has 0 atom stereocenters. The van der Waals surface area contributed by atoms with Gasteiger partial charge in [-0.05, 0) is 128 Å². The summed E-state index contributed by atoms with van der Waals surface area (Å²) in [6.45, 7) is 0. The third kappa shape index (κ3) is 6.88. The molecule has 0 radical (unpaired) electrons. The SMILES string of the molecule is c1cc(-c2ccc(N(c3ccc(-c4ccc(-c5ccc6ccccc6c5)cc4)cc3)c3ccc(-c4cccc5c4sc4ccccc45)cc3)cc2)cc(-n2c3ccccc3c3ccccc32)c1. The molecule has 0 amide bonds. The maximum Gasteiger partial charge on any atom is 0.0541 e. The van der Waals surface area contributed by atoms with Gasteiger partial charge >= 0.3 is 0 Å². The van der Waals surface area contributed by atoms with Gasteiger partial charge in [-0.1, -0.05) is 182 Å². The zero-order valence-corrected chi connectivity index (χ0v) is 37.4. The van der Waals surface area contributed by atoms with Crippen molar-refractivity contribution in [1.82, 2.24) is 4.57 Å². The van der Waals surface area contributed by atoms with E-state index in [4.69, 9.17) is 0 Å². The molecule has 13 aromatic rings. The molecule has 67 heavy (non-hydrogen) atoms. The highest BCUT2D eigenvalue weighted by molar-refractivity contribution is 7.26. The maximum atomic E-state index is 2.39. The quantitative estimate of drug-likeness (QED) is 0.148. The Morgan fingerprint density at radius 1 is 0.299 bits per heavy atom. The Bertz CT molecular complexity index is 3900. The first kappa shape index (κ1) is 38.9. The molecular formula is C64H42N2S. The highest BCUT2D eigenvalue weighted by Gasteiger charge is 2.17. The van der Waals surface area contributed by atoms with Gasteiger partial charge in [0.25, 0.3) is 0 Å². The minimum absolute atomic E-state index is 1.09. The van der Waals surface area contributed by atoms with Crippen molar-refractivity contribution in [3.8, 4) is 50.2 Å². The molecule has 314 valence electrons. The van der Waals surface area contributed by atoms with Crippen LogP contribution in [-0.2, 0) is 0 Å². The summed E-state index contributed by atoms with van der Waals surface area (Å²) in [6, 6.07) is 93.1. The summed E-state index contributed by atoms with van der Waals surface area (Å²) in [5.41, 5.74) is 16.5. The topological polar surface area (TPSA) is 8.17 Å². The number of anilines is 3. The smallest absolute Gasteiger partial charge is 0.0541 e. The van der Waals surface area contributed by atoms with Crippen LogP contribution in [0.25, 0.3) is 103 Å². The molecule has 0 unspecified atom stereocenters. The minimum Gasteiger partial charge on any atom is -0.311 e. The second-order valence-electron chi connectivity index (χ2n) is 17.3. The molecule has 0 saturated heterocycles. The lowest BCUT2D eigenvalue weighted by Crippen LogP contribution is -2.09. The van der Waals surface area contributed by atoms with Crippen molar-refractivity contribution >= 4 is 81.1 Å². The highest BCUT2D eigenvalue weighted by Crippen LogP contribution is 2.42. The Morgan fingerprint density at radius 2 is 0.761 bits per heavy atom. The predicted octanol–water partition coefficient (Wildman–Crippen LogP) is 18.4. The number of thiophene rings is 1. The van der Waals surface area contributed by atoms with Crippen LogP contribution in [0.3, 0.4) is 0 Å². The second kappa shape index (κ2) is 16.2. The van der Waals surface area contributed by atoms with Crippen LogP contribution in [0.5, 0.6) is 0 Å². The number of rotatable bonds is 8. The standard InChI is InChI=1S/C64H42N2S/c1-2-12-49-41-51(28-27-43(49)11-1)46-25-23-44(24-26-46)45-29-35-52(36-30-45)65(54-39-33-48(34-40-54)56-18-10-19-60-59-17-5-8-22-63(59)67-64(56)60)53-37-31-47(32-38-53)50-13-9-14-55(42-50)66-61-20-6-3-15-57(61)58-16-4-7-21-62(58)66/h1-42H. The van der Waals surface area contributed by atoms with Crippen LogP contribution in [0.15, 0.2) is 255 Å². The number of hydrogen-bond acceptors (Lipinski definition) is 2. The van der Waals surface area contributed by atoms with Gasteiger partial charge in [-0.15, -0.1) is 11.3 Å². The van der Waals surface area contributed by atoms with Crippen LogP contribution in [-0.4, -0.2) is 4.57 Å². The minimum atomic E-state index is 1.09. The van der Waals surface area contributed by atoms with Crippen LogP contribution >= 0.6 is 11.3 Å². The molecule has 0 spiro atoms. The lowest BCUT2D eigenvalue weighted by atomic mass is 9.98. The first-order chi connectivity index (χ1) is 33.2. The molecule has 0 bridgehead atoms. The molecule has 0 aliphatic carbocycles. The summed E-state index contributed by atoms with van der Waals surface area (Å²) < 4.78 is 5.03. The Labute approximate surface area is 393 Å². The number of para-hydroxylation sites is 2. The fourth-order valence-electron chi connectivity index (χ4n) is 10.1. The van der Waals surface area contributed by atoms with E-state index in [0.717, 1.165) is 22.7 Å². The normalized spacial score (nSPS) is 11.6. The van der Waals surface area contributed by atoms with E-state index < -0.39 is 0 Å². The van der Waals surface area contributed by atoms with Crippen LogP contribution in [0.1, 0.15) is 0 Å². The Kier molecular flexibility index (Phi) is 9.40. The molecule has 0 N–H and O–H groups in total. The highest BCUT2D eigenvalue weighted by atomic mass is 32.1. The average molecular weight is 871 g/mol. The molecule has 0 aliphatic heterocycles. The maximum absolute atomic E-state index is 2.39. The molecular weight excluding hydrogens is 829 g/mol. The van der Waals surface area contributed by atoms with Crippen molar-refractivity contribution < 1.29 is 0 Å². The predicted molar refractivity (Wildman–Crippen MR) is 288 cm³/mol. The van der Waals surface area contributed by atoms with Crippen LogP contribution in [0, 0.1) is 0 Å².